The lowest BCUT2D eigenvalue weighted by molar-refractivity contribution is 0.0515. The number of carbonyl (C=O) groups excluding carboxylic acids is 2. The highest BCUT2D eigenvalue weighted by atomic mass is 19.1. The number of furan rings is 1. The maximum atomic E-state index is 13.0. The van der Waals surface area contributed by atoms with Crippen LogP contribution >= 0.6 is 0 Å². The van der Waals surface area contributed by atoms with Crippen molar-refractivity contribution in [3.8, 4) is 11.3 Å². The van der Waals surface area contributed by atoms with Gasteiger partial charge in [-0.25, -0.2) is 4.39 Å². The fourth-order valence-corrected chi connectivity index (χ4v) is 3.04. The minimum absolute atomic E-state index is 0.174. The maximum absolute atomic E-state index is 13.0. The molecule has 27 heavy (non-hydrogen) atoms. The minimum Gasteiger partial charge on any atom is -0.459 e. The Morgan fingerprint density at radius 3 is 2.30 bits per heavy atom. The maximum Gasteiger partial charge on any atom is 0.289 e. The summed E-state index contributed by atoms with van der Waals surface area (Å²) in [6.45, 7) is 1.72. The smallest absolute Gasteiger partial charge is 0.289 e. The number of piperazine rings is 1. The molecule has 1 saturated heterocycles. The van der Waals surface area contributed by atoms with E-state index < -0.39 is 0 Å². The zero-order valence-electron chi connectivity index (χ0n) is 14.4. The molecule has 1 aliphatic rings. The second-order valence-electron chi connectivity index (χ2n) is 6.24. The van der Waals surface area contributed by atoms with Crippen molar-refractivity contribution in [2.45, 2.75) is 0 Å². The van der Waals surface area contributed by atoms with Crippen LogP contribution < -0.4 is 0 Å². The quantitative estimate of drug-likeness (QED) is 0.770. The number of hydrogen-bond donors (Lipinski definition) is 1. The number of rotatable bonds is 3. The van der Waals surface area contributed by atoms with E-state index in [-0.39, 0.29) is 17.6 Å². The standard InChI is InChI=1S/C19H17FN4O3/c20-14-5-3-13(4-6-14)15-12-16(22-21-15)18(25)23-7-9-24(10-8-23)19(26)17-2-1-11-27-17/h1-6,11-12H,7-10H2,(H,21,22). The van der Waals surface area contributed by atoms with Crippen molar-refractivity contribution in [3.05, 3.63) is 66.0 Å². The number of amides is 2. The Balaban J connectivity index is 1.40. The monoisotopic (exact) mass is 368 g/mol. The first-order valence-corrected chi connectivity index (χ1v) is 8.55. The zero-order valence-corrected chi connectivity index (χ0v) is 14.4. The lowest BCUT2D eigenvalue weighted by Crippen LogP contribution is -2.50. The number of aromatic nitrogens is 2. The Labute approximate surface area is 154 Å². The van der Waals surface area contributed by atoms with Gasteiger partial charge in [-0.2, -0.15) is 5.10 Å². The van der Waals surface area contributed by atoms with Crippen molar-refractivity contribution in [2.24, 2.45) is 0 Å². The average molecular weight is 368 g/mol. The van der Waals surface area contributed by atoms with Crippen LogP contribution in [-0.2, 0) is 0 Å². The van der Waals surface area contributed by atoms with Gasteiger partial charge in [-0.3, -0.25) is 14.7 Å². The highest BCUT2D eigenvalue weighted by Crippen LogP contribution is 2.19. The molecule has 0 radical (unpaired) electrons. The van der Waals surface area contributed by atoms with Gasteiger partial charge < -0.3 is 14.2 Å². The fraction of sp³-hybridized carbons (Fsp3) is 0.211. The van der Waals surface area contributed by atoms with Crippen molar-refractivity contribution in [1.29, 1.82) is 0 Å². The number of nitrogens with one attached hydrogen (secondary N) is 1. The Kier molecular flexibility index (Phi) is 4.45. The Morgan fingerprint density at radius 1 is 1.00 bits per heavy atom. The summed E-state index contributed by atoms with van der Waals surface area (Å²) < 4.78 is 18.2. The Morgan fingerprint density at radius 2 is 1.67 bits per heavy atom. The van der Waals surface area contributed by atoms with Gasteiger partial charge in [0.2, 0.25) is 0 Å². The molecule has 0 atom stereocenters. The molecule has 1 aromatic carbocycles. The van der Waals surface area contributed by atoms with Crippen LogP contribution in [0.1, 0.15) is 21.0 Å². The molecule has 0 aliphatic carbocycles. The summed E-state index contributed by atoms with van der Waals surface area (Å²) in [5.41, 5.74) is 1.66. The third-order valence-corrected chi connectivity index (χ3v) is 4.53. The highest BCUT2D eigenvalue weighted by molar-refractivity contribution is 5.94. The number of carbonyl (C=O) groups is 2. The average Bonchev–Trinajstić information content (AvgIpc) is 3.40. The third kappa shape index (κ3) is 3.46. The molecule has 0 spiro atoms. The lowest BCUT2D eigenvalue weighted by atomic mass is 10.1. The van der Waals surface area contributed by atoms with Gasteiger partial charge in [0, 0.05) is 31.7 Å². The van der Waals surface area contributed by atoms with Crippen molar-refractivity contribution in [2.75, 3.05) is 26.2 Å². The first-order chi connectivity index (χ1) is 13.1. The fourth-order valence-electron chi connectivity index (χ4n) is 3.04. The summed E-state index contributed by atoms with van der Waals surface area (Å²) in [6.07, 6.45) is 1.46. The summed E-state index contributed by atoms with van der Waals surface area (Å²) in [5, 5.41) is 6.88. The molecular weight excluding hydrogens is 351 g/mol. The Bertz CT molecular complexity index is 942. The highest BCUT2D eigenvalue weighted by Gasteiger charge is 2.27. The van der Waals surface area contributed by atoms with Gasteiger partial charge in [-0.1, -0.05) is 0 Å². The normalized spacial score (nSPS) is 14.4. The summed E-state index contributed by atoms with van der Waals surface area (Å²) in [5.74, 6) is -0.381. The molecule has 8 heteroatoms. The van der Waals surface area contributed by atoms with Gasteiger partial charge in [0.1, 0.15) is 11.5 Å². The van der Waals surface area contributed by atoms with E-state index in [0.29, 0.717) is 43.3 Å². The predicted octanol–water partition coefficient (Wildman–Crippen LogP) is 2.41. The number of benzene rings is 1. The molecule has 138 valence electrons. The van der Waals surface area contributed by atoms with Crippen LogP contribution in [0.3, 0.4) is 0 Å². The molecular formula is C19H17FN4O3. The number of halogens is 1. The molecule has 4 rings (SSSR count). The Hall–Kier alpha value is -3.42. The van der Waals surface area contributed by atoms with E-state index in [2.05, 4.69) is 10.2 Å². The molecule has 2 amide bonds. The second-order valence-corrected chi connectivity index (χ2v) is 6.24. The third-order valence-electron chi connectivity index (χ3n) is 4.53. The van der Waals surface area contributed by atoms with Crippen molar-refractivity contribution in [1.82, 2.24) is 20.0 Å². The van der Waals surface area contributed by atoms with Gasteiger partial charge in [0.05, 0.1) is 12.0 Å². The molecule has 1 N–H and O–H groups in total. The van der Waals surface area contributed by atoms with Crippen molar-refractivity contribution >= 4 is 11.8 Å². The van der Waals surface area contributed by atoms with E-state index in [9.17, 15) is 14.0 Å². The second kappa shape index (κ2) is 7.06. The molecule has 1 aliphatic heterocycles. The first kappa shape index (κ1) is 17.0. The van der Waals surface area contributed by atoms with Crippen molar-refractivity contribution < 1.29 is 18.4 Å². The van der Waals surface area contributed by atoms with Crippen LogP contribution in [0.5, 0.6) is 0 Å². The van der Waals surface area contributed by atoms with Crippen LogP contribution in [0.4, 0.5) is 4.39 Å². The number of aromatic amines is 1. The van der Waals surface area contributed by atoms with Crippen LogP contribution in [-0.4, -0.2) is 58.0 Å². The zero-order chi connectivity index (χ0) is 18.8. The van der Waals surface area contributed by atoms with Crippen LogP contribution in [0, 0.1) is 5.82 Å². The summed E-state index contributed by atoms with van der Waals surface area (Å²) >= 11 is 0. The number of H-pyrrole nitrogens is 1. The van der Waals surface area contributed by atoms with Crippen LogP contribution in [0.25, 0.3) is 11.3 Å². The minimum atomic E-state index is -0.326. The molecule has 7 nitrogen and oxygen atoms in total. The van der Waals surface area contributed by atoms with E-state index in [1.807, 2.05) is 0 Å². The van der Waals surface area contributed by atoms with Gasteiger partial charge >= 0.3 is 0 Å². The summed E-state index contributed by atoms with van der Waals surface area (Å²) in [7, 11) is 0. The molecule has 2 aromatic heterocycles. The SMILES string of the molecule is O=C(c1cc(-c2ccc(F)cc2)n[nH]1)N1CCN(C(=O)c2ccco2)CC1. The largest absolute Gasteiger partial charge is 0.459 e. The van der Waals surface area contributed by atoms with E-state index in [1.165, 1.54) is 18.4 Å². The molecule has 0 saturated carbocycles. The molecule has 3 aromatic rings. The molecule has 1 fully saturated rings. The number of hydrogen-bond acceptors (Lipinski definition) is 4. The number of nitrogens with zero attached hydrogens (tertiary/aromatic N) is 3. The molecule has 0 bridgehead atoms. The molecule has 3 heterocycles. The van der Waals surface area contributed by atoms with Gasteiger partial charge in [0.15, 0.2) is 5.76 Å². The summed E-state index contributed by atoms with van der Waals surface area (Å²) in [6, 6.07) is 10.9. The van der Waals surface area contributed by atoms with E-state index in [1.54, 1.807) is 40.1 Å². The van der Waals surface area contributed by atoms with Gasteiger partial charge in [0.25, 0.3) is 11.8 Å². The van der Waals surface area contributed by atoms with E-state index in [0.717, 1.165) is 5.56 Å². The van der Waals surface area contributed by atoms with Crippen LogP contribution in [0.2, 0.25) is 0 Å². The van der Waals surface area contributed by atoms with Crippen molar-refractivity contribution in [3.63, 3.8) is 0 Å². The van der Waals surface area contributed by atoms with Gasteiger partial charge in [-0.15, -0.1) is 0 Å². The summed E-state index contributed by atoms with van der Waals surface area (Å²) in [4.78, 5) is 28.3. The first-order valence-electron chi connectivity index (χ1n) is 8.55. The van der Waals surface area contributed by atoms with Crippen LogP contribution in [0.15, 0.2) is 53.1 Å². The topological polar surface area (TPSA) is 82.4 Å². The lowest BCUT2D eigenvalue weighted by Gasteiger charge is -2.34. The van der Waals surface area contributed by atoms with E-state index >= 15 is 0 Å². The molecule has 0 unspecified atom stereocenters. The van der Waals surface area contributed by atoms with Gasteiger partial charge in [-0.05, 0) is 42.5 Å². The van der Waals surface area contributed by atoms with E-state index in [4.69, 9.17) is 4.42 Å². The predicted molar refractivity (Wildman–Crippen MR) is 94.5 cm³/mol.